The molecule has 4 heteroatoms. The third-order valence-electron chi connectivity index (χ3n) is 4.22. The standard InChI is InChI=1S/C17H23N3O/c1-13(2)15-6-8-20(9-7-15)12-17(21)19-16-5-3-4-14(10-16)11-18/h3-5,10,13,15H,6-9,12H2,1-2H3,(H,19,21). The molecule has 0 saturated carbocycles. The van der Waals surface area contributed by atoms with Gasteiger partial charge in [-0.05, 0) is 56.0 Å². The number of carbonyl (C=O) groups excluding carboxylic acids is 1. The maximum Gasteiger partial charge on any atom is 0.238 e. The third-order valence-corrected chi connectivity index (χ3v) is 4.22. The summed E-state index contributed by atoms with van der Waals surface area (Å²) in [5.41, 5.74) is 1.25. The summed E-state index contributed by atoms with van der Waals surface area (Å²) in [5, 5.41) is 11.7. The molecule has 2 rings (SSSR count). The second-order valence-electron chi connectivity index (χ2n) is 6.10. The molecule has 1 aliphatic rings. The molecule has 1 aliphatic heterocycles. The van der Waals surface area contributed by atoms with Crippen LogP contribution in [0.4, 0.5) is 5.69 Å². The van der Waals surface area contributed by atoms with E-state index in [0.29, 0.717) is 17.8 Å². The van der Waals surface area contributed by atoms with Crippen LogP contribution in [0.1, 0.15) is 32.3 Å². The van der Waals surface area contributed by atoms with Crippen molar-refractivity contribution in [3.05, 3.63) is 29.8 Å². The number of rotatable bonds is 4. The Balaban J connectivity index is 1.81. The highest BCUT2D eigenvalue weighted by molar-refractivity contribution is 5.92. The lowest BCUT2D eigenvalue weighted by Gasteiger charge is -2.33. The van der Waals surface area contributed by atoms with Gasteiger partial charge in [-0.3, -0.25) is 9.69 Å². The lowest BCUT2D eigenvalue weighted by molar-refractivity contribution is -0.117. The molecule has 0 unspecified atom stereocenters. The van der Waals surface area contributed by atoms with Gasteiger partial charge in [0.05, 0.1) is 18.2 Å². The van der Waals surface area contributed by atoms with E-state index in [0.717, 1.165) is 24.9 Å². The van der Waals surface area contributed by atoms with Gasteiger partial charge < -0.3 is 5.32 Å². The number of nitrogens with one attached hydrogen (secondary N) is 1. The first-order chi connectivity index (χ1) is 10.1. The van der Waals surface area contributed by atoms with Crippen molar-refractivity contribution >= 4 is 11.6 Å². The Morgan fingerprint density at radius 1 is 1.43 bits per heavy atom. The second-order valence-corrected chi connectivity index (χ2v) is 6.10. The normalized spacial score (nSPS) is 16.7. The number of hydrogen-bond donors (Lipinski definition) is 1. The van der Waals surface area contributed by atoms with Gasteiger partial charge in [0.25, 0.3) is 0 Å². The SMILES string of the molecule is CC(C)C1CCN(CC(=O)Nc2cccc(C#N)c2)CC1. The van der Waals surface area contributed by atoms with E-state index in [-0.39, 0.29) is 5.91 Å². The first-order valence-electron chi connectivity index (χ1n) is 7.61. The quantitative estimate of drug-likeness (QED) is 0.925. The fourth-order valence-electron chi connectivity index (χ4n) is 2.85. The molecule has 1 N–H and O–H groups in total. The number of nitriles is 1. The zero-order valence-corrected chi connectivity index (χ0v) is 12.8. The minimum absolute atomic E-state index is 0.00640. The Bertz CT molecular complexity index is 525. The third kappa shape index (κ3) is 4.57. The van der Waals surface area contributed by atoms with Crippen LogP contribution >= 0.6 is 0 Å². The van der Waals surface area contributed by atoms with Crippen LogP contribution in [0.3, 0.4) is 0 Å². The van der Waals surface area contributed by atoms with Gasteiger partial charge in [-0.2, -0.15) is 5.26 Å². The van der Waals surface area contributed by atoms with Crippen LogP contribution in [0.5, 0.6) is 0 Å². The summed E-state index contributed by atoms with van der Waals surface area (Å²) >= 11 is 0. The first kappa shape index (κ1) is 15.5. The number of benzene rings is 1. The molecular weight excluding hydrogens is 262 g/mol. The Hall–Kier alpha value is -1.86. The summed E-state index contributed by atoms with van der Waals surface area (Å²) in [6, 6.07) is 9.09. The van der Waals surface area contributed by atoms with Crippen LogP contribution in [0, 0.1) is 23.2 Å². The lowest BCUT2D eigenvalue weighted by Crippen LogP contribution is -2.40. The smallest absolute Gasteiger partial charge is 0.238 e. The number of piperidine rings is 1. The number of anilines is 1. The average Bonchev–Trinajstić information content (AvgIpc) is 2.47. The van der Waals surface area contributed by atoms with Crippen LogP contribution in [0.25, 0.3) is 0 Å². The molecule has 1 saturated heterocycles. The highest BCUT2D eigenvalue weighted by atomic mass is 16.2. The minimum atomic E-state index is -0.00640. The van der Waals surface area contributed by atoms with Gasteiger partial charge in [0.15, 0.2) is 0 Å². The zero-order valence-electron chi connectivity index (χ0n) is 12.8. The fourth-order valence-corrected chi connectivity index (χ4v) is 2.85. The van der Waals surface area contributed by atoms with Gasteiger partial charge in [0.1, 0.15) is 0 Å². The van der Waals surface area contributed by atoms with Gasteiger partial charge in [-0.1, -0.05) is 19.9 Å². The van der Waals surface area contributed by atoms with Crippen LogP contribution in [-0.2, 0) is 4.79 Å². The fraction of sp³-hybridized carbons (Fsp3) is 0.529. The molecule has 0 spiro atoms. The Morgan fingerprint density at radius 3 is 2.76 bits per heavy atom. The van der Waals surface area contributed by atoms with Crippen molar-refractivity contribution in [1.82, 2.24) is 4.90 Å². The number of hydrogen-bond acceptors (Lipinski definition) is 3. The average molecular weight is 285 g/mol. The van der Waals surface area contributed by atoms with Gasteiger partial charge in [0.2, 0.25) is 5.91 Å². The monoisotopic (exact) mass is 285 g/mol. The van der Waals surface area contributed by atoms with E-state index < -0.39 is 0 Å². The van der Waals surface area contributed by atoms with Gasteiger partial charge >= 0.3 is 0 Å². The van der Waals surface area contributed by atoms with Crippen molar-refractivity contribution < 1.29 is 4.79 Å². The minimum Gasteiger partial charge on any atom is -0.325 e. The summed E-state index contributed by atoms with van der Waals surface area (Å²) in [5.74, 6) is 1.51. The predicted molar refractivity (Wildman–Crippen MR) is 83.8 cm³/mol. The molecule has 1 amide bonds. The number of nitrogens with zero attached hydrogens (tertiary/aromatic N) is 2. The van der Waals surface area contributed by atoms with E-state index in [1.54, 1.807) is 18.2 Å². The first-order valence-corrected chi connectivity index (χ1v) is 7.61. The molecule has 112 valence electrons. The molecule has 0 bridgehead atoms. The zero-order chi connectivity index (χ0) is 15.2. The number of likely N-dealkylation sites (tertiary alicyclic amines) is 1. The van der Waals surface area contributed by atoms with Gasteiger partial charge in [0, 0.05) is 5.69 Å². The summed E-state index contributed by atoms with van der Waals surface area (Å²) in [7, 11) is 0. The van der Waals surface area contributed by atoms with Gasteiger partial charge in [-0.25, -0.2) is 0 Å². The Morgan fingerprint density at radius 2 is 2.14 bits per heavy atom. The van der Waals surface area contributed by atoms with E-state index in [1.165, 1.54) is 12.8 Å². The van der Waals surface area contributed by atoms with E-state index in [9.17, 15) is 4.79 Å². The van der Waals surface area contributed by atoms with Crippen molar-refractivity contribution in [2.45, 2.75) is 26.7 Å². The maximum atomic E-state index is 12.1. The van der Waals surface area contributed by atoms with Crippen molar-refractivity contribution in [2.24, 2.45) is 11.8 Å². The molecule has 21 heavy (non-hydrogen) atoms. The Labute approximate surface area is 126 Å². The molecule has 0 radical (unpaired) electrons. The maximum absolute atomic E-state index is 12.1. The summed E-state index contributed by atoms with van der Waals surface area (Å²) in [4.78, 5) is 14.3. The molecule has 4 nitrogen and oxygen atoms in total. The van der Waals surface area contributed by atoms with E-state index in [1.807, 2.05) is 6.07 Å². The molecule has 1 fully saturated rings. The highest BCUT2D eigenvalue weighted by Gasteiger charge is 2.22. The lowest BCUT2D eigenvalue weighted by atomic mass is 9.87. The summed E-state index contributed by atoms with van der Waals surface area (Å²) < 4.78 is 0. The van der Waals surface area contributed by atoms with E-state index in [4.69, 9.17) is 5.26 Å². The molecule has 1 aromatic carbocycles. The van der Waals surface area contributed by atoms with E-state index in [2.05, 4.69) is 30.1 Å². The van der Waals surface area contributed by atoms with Crippen molar-refractivity contribution in [3.63, 3.8) is 0 Å². The summed E-state index contributed by atoms with van der Waals surface area (Å²) in [6.07, 6.45) is 2.35. The highest BCUT2D eigenvalue weighted by Crippen LogP contribution is 2.24. The molecular formula is C17H23N3O. The molecule has 1 aromatic rings. The van der Waals surface area contributed by atoms with Crippen LogP contribution in [-0.4, -0.2) is 30.4 Å². The molecule has 0 aromatic heterocycles. The summed E-state index contributed by atoms with van der Waals surface area (Å²) in [6.45, 7) is 6.97. The molecule has 0 atom stereocenters. The molecule has 1 heterocycles. The van der Waals surface area contributed by atoms with Crippen molar-refractivity contribution in [3.8, 4) is 6.07 Å². The topological polar surface area (TPSA) is 56.1 Å². The number of carbonyl (C=O) groups is 1. The largest absolute Gasteiger partial charge is 0.325 e. The van der Waals surface area contributed by atoms with Crippen molar-refractivity contribution in [2.75, 3.05) is 25.0 Å². The van der Waals surface area contributed by atoms with E-state index >= 15 is 0 Å². The van der Waals surface area contributed by atoms with Gasteiger partial charge in [-0.15, -0.1) is 0 Å². The molecule has 0 aliphatic carbocycles. The number of amides is 1. The predicted octanol–water partition coefficient (Wildman–Crippen LogP) is 2.86. The second kappa shape index (κ2) is 7.24. The van der Waals surface area contributed by atoms with Crippen LogP contribution in [0.15, 0.2) is 24.3 Å². The van der Waals surface area contributed by atoms with Crippen LogP contribution < -0.4 is 5.32 Å². The van der Waals surface area contributed by atoms with Crippen LogP contribution in [0.2, 0.25) is 0 Å². The Kier molecular flexibility index (Phi) is 5.35. The van der Waals surface area contributed by atoms with Crippen molar-refractivity contribution in [1.29, 1.82) is 5.26 Å².